The van der Waals surface area contributed by atoms with Crippen molar-refractivity contribution < 1.29 is 9.53 Å². The van der Waals surface area contributed by atoms with Gasteiger partial charge in [-0.3, -0.25) is 9.69 Å². The van der Waals surface area contributed by atoms with Crippen LogP contribution in [0.25, 0.3) is 0 Å². The van der Waals surface area contributed by atoms with Gasteiger partial charge in [0, 0.05) is 43.5 Å². The Balaban J connectivity index is 1.62. The average molecular weight is 338 g/mol. The summed E-state index contributed by atoms with van der Waals surface area (Å²) in [5.74, 6) is 0.898. The lowest BCUT2D eigenvalue weighted by atomic mass is 10.1. The van der Waals surface area contributed by atoms with E-state index in [1.807, 2.05) is 25.1 Å². The third-order valence-electron chi connectivity index (χ3n) is 5.21. The third kappa shape index (κ3) is 3.85. The number of aldehydes is 1. The maximum atomic E-state index is 11.0. The van der Waals surface area contributed by atoms with Gasteiger partial charge in [-0.1, -0.05) is 12.1 Å². The molecule has 1 fully saturated rings. The number of hydrogen-bond donors (Lipinski definition) is 0. The monoisotopic (exact) mass is 338 g/mol. The first-order chi connectivity index (χ1) is 12.1. The predicted molar refractivity (Wildman–Crippen MR) is 102 cm³/mol. The van der Waals surface area contributed by atoms with Gasteiger partial charge >= 0.3 is 0 Å². The number of ether oxygens (including phenoxy) is 1. The molecule has 0 N–H and O–H groups in total. The van der Waals surface area contributed by atoms with Crippen LogP contribution < -0.4 is 9.64 Å². The lowest BCUT2D eigenvalue weighted by molar-refractivity contribution is 0.112. The number of aryl methyl sites for hydroxylation is 1. The van der Waals surface area contributed by atoms with Gasteiger partial charge in [-0.2, -0.15) is 0 Å². The Morgan fingerprint density at radius 3 is 2.28 bits per heavy atom. The number of carbonyl (C=O) groups excluding carboxylic acids is 1. The first kappa shape index (κ1) is 17.5. The van der Waals surface area contributed by atoms with E-state index in [9.17, 15) is 4.79 Å². The Morgan fingerprint density at radius 2 is 1.72 bits per heavy atom. The van der Waals surface area contributed by atoms with E-state index in [-0.39, 0.29) is 0 Å². The summed E-state index contributed by atoms with van der Waals surface area (Å²) in [6.07, 6.45) is 0.924. The fourth-order valence-corrected chi connectivity index (χ4v) is 3.45. The van der Waals surface area contributed by atoms with Crippen LogP contribution in [0.4, 0.5) is 5.69 Å². The highest BCUT2D eigenvalue weighted by atomic mass is 16.5. The molecule has 25 heavy (non-hydrogen) atoms. The Hall–Kier alpha value is -2.33. The van der Waals surface area contributed by atoms with Gasteiger partial charge in [0.25, 0.3) is 0 Å². The fraction of sp³-hybridized carbons (Fsp3) is 0.381. The first-order valence-electron chi connectivity index (χ1n) is 8.81. The zero-order valence-electron chi connectivity index (χ0n) is 15.2. The first-order valence-corrected chi connectivity index (χ1v) is 8.81. The highest BCUT2D eigenvalue weighted by Gasteiger charge is 2.22. The SMILES string of the molecule is COc1ccc(C(C)N2CCN(c3ccc(C=O)c(C)c3)CC2)cc1. The van der Waals surface area contributed by atoms with E-state index in [4.69, 9.17) is 4.74 Å². The van der Waals surface area contributed by atoms with E-state index in [1.165, 1.54) is 11.3 Å². The van der Waals surface area contributed by atoms with Crippen LogP contribution >= 0.6 is 0 Å². The van der Waals surface area contributed by atoms with E-state index in [0.717, 1.165) is 49.3 Å². The van der Waals surface area contributed by atoms with Crippen molar-refractivity contribution in [1.29, 1.82) is 0 Å². The van der Waals surface area contributed by atoms with Gasteiger partial charge in [0.1, 0.15) is 12.0 Å². The number of benzene rings is 2. The molecule has 1 heterocycles. The van der Waals surface area contributed by atoms with Crippen molar-refractivity contribution in [3.05, 3.63) is 59.2 Å². The minimum Gasteiger partial charge on any atom is -0.497 e. The maximum absolute atomic E-state index is 11.0. The molecule has 1 saturated heterocycles. The predicted octanol–water partition coefficient (Wildman–Crippen LogP) is 3.70. The summed E-state index contributed by atoms with van der Waals surface area (Å²) >= 11 is 0. The molecule has 132 valence electrons. The molecule has 3 rings (SSSR count). The zero-order chi connectivity index (χ0) is 17.8. The van der Waals surface area contributed by atoms with E-state index in [2.05, 4.69) is 41.0 Å². The summed E-state index contributed by atoms with van der Waals surface area (Å²) in [5, 5.41) is 0. The highest BCUT2D eigenvalue weighted by molar-refractivity contribution is 5.78. The van der Waals surface area contributed by atoms with Gasteiger partial charge in [-0.05, 0) is 55.3 Å². The number of rotatable bonds is 5. The largest absolute Gasteiger partial charge is 0.497 e. The van der Waals surface area contributed by atoms with Crippen molar-refractivity contribution in [3.8, 4) is 5.75 Å². The number of nitrogens with zero attached hydrogens (tertiary/aromatic N) is 2. The van der Waals surface area contributed by atoms with Crippen LogP contribution in [0, 0.1) is 6.92 Å². The molecule has 1 unspecified atom stereocenters. The summed E-state index contributed by atoms with van der Waals surface area (Å²) in [7, 11) is 1.70. The molecule has 2 aromatic carbocycles. The molecule has 4 nitrogen and oxygen atoms in total. The van der Waals surface area contributed by atoms with E-state index in [0.29, 0.717) is 6.04 Å². The molecule has 0 aromatic heterocycles. The molecule has 0 spiro atoms. The Labute approximate surface area is 150 Å². The maximum Gasteiger partial charge on any atom is 0.150 e. The van der Waals surface area contributed by atoms with Gasteiger partial charge < -0.3 is 9.64 Å². The van der Waals surface area contributed by atoms with Crippen molar-refractivity contribution in [3.63, 3.8) is 0 Å². The Bertz CT molecular complexity index is 719. The summed E-state index contributed by atoms with van der Waals surface area (Å²) in [5.41, 5.74) is 4.34. The number of methoxy groups -OCH3 is 1. The van der Waals surface area contributed by atoms with Gasteiger partial charge in [-0.25, -0.2) is 0 Å². The molecule has 0 amide bonds. The van der Waals surface area contributed by atoms with Crippen LogP contribution in [0.1, 0.15) is 34.5 Å². The van der Waals surface area contributed by atoms with Crippen molar-refractivity contribution in [2.24, 2.45) is 0 Å². The second-order valence-corrected chi connectivity index (χ2v) is 6.63. The topological polar surface area (TPSA) is 32.8 Å². The minimum atomic E-state index is 0.396. The van der Waals surface area contributed by atoms with E-state index in [1.54, 1.807) is 7.11 Å². The molecule has 0 bridgehead atoms. The number of anilines is 1. The second kappa shape index (κ2) is 7.70. The van der Waals surface area contributed by atoms with Crippen LogP contribution in [0.5, 0.6) is 5.75 Å². The average Bonchev–Trinajstić information content (AvgIpc) is 2.67. The molecule has 1 atom stereocenters. The molecule has 4 heteroatoms. The van der Waals surface area contributed by atoms with Crippen LogP contribution in [0.2, 0.25) is 0 Å². The Kier molecular flexibility index (Phi) is 5.39. The molecule has 1 aliphatic heterocycles. The highest BCUT2D eigenvalue weighted by Crippen LogP contribution is 2.26. The van der Waals surface area contributed by atoms with Crippen molar-refractivity contribution in [1.82, 2.24) is 4.90 Å². The third-order valence-corrected chi connectivity index (χ3v) is 5.21. The van der Waals surface area contributed by atoms with Crippen LogP contribution in [0.3, 0.4) is 0 Å². The number of piperazine rings is 1. The molecule has 1 aliphatic rings. The minimum absolute atomic E-state index is 0.396. The van der Waals surface area contributed by atoms with Crippen LogP contribution in [-0.2, 0) is 0 Å². The summed E-state index contributed by atoms with van der Waals surface area (Å²) < 4.78 is 5.24. The normalized spacial score (nSPS) is 16.5. The summed E-state index contributed by atoms with van der Waals surface area (Å²) in [4.78, 5) is 15.9. The number of carbonyl (C=O) groups is 1. The molecule has 0 saturated carbocycles. The number of hydrogen-bond acceptors (Lipinski definition) is 4. The molecule has 0 radical (unpaired) electrons. The summed E-state index contributed by atoms with van der Waals surface area (Å²) in [6, 6.07) is 14.8. The van der Waals surface area contributed by atoms with Crippen molar-refractivity contribution in [2.75, 3.05) is 38.2 Å². The standard InChI is InChI=1S/C21H26N2O2/c1-16-14-20(7-4-19(16)15-24)23-12-10-22(11-13-23)17(2)18-5-8-21(25-3)9-6-18/h4-9,14-15,17H,10-13H2,1-3H3. The van der Waals surface area contributed by atoms with Gasteiger partial charge in [-0.15, -0.1) is 0 Å². The molecule has 0 aliphatic carbocycles. The van der Waals surface area contributed by atoms with Gasteiger partial charge in [0.15, 0.2) is 0 Å². The van der Waals surface area contributed by atoms with Crippen LogP contribution in [0.15, 0.2) is 42.5 Å². The van der Waals surface area contributed by atoms with Crippen molar-refractivity contribution >= 4 is 12.0 Å². The van der Waals surface area contributed by atoms with Gasteiger partial charge in [0.05, 0.1) is 7.11 Å². The molecular formula is C21H26N2O2. The second-order valence-electron chi connectivity index (χ2n) is 6.63. The zero-order valence-corrected chi connectivity index (χ0v) is 15.2. The lowest BCUT2D eigenvalue weighted by Crippen LogP contribution is -2.47. The smallest absolute Gasteiger partial charge is 0.150 e. The van der Waals surface area contributed by atoms with Gasteiger partial charge in [0.2, 0.25) is 0 Å². The lowest BCUT2D eigenvalue weighted by Gasteiger charge is -2.39. The van der Waals surface area contributed by atoms with Crippen molar-refractivity contribution in [2.45, 2.75) is 19.9 Å². The van der Waals surface area contributed by atoms with E-state index >= 15 is 0 Å². The summed E-state index contributed by atoms with van der Waals surface area (Å²) in [6.45, 7) is 8.32. The Morgan fingerprint density at radius 1 is 1.04 bits per heavy atom. The van der Waals surface area contributed by atoms with Crippen LogP contribution in [-0.4, -0.2) is 44.5 Å². The fourth-order valence-electron chi connectivity index (χ4n) is 3.45. The molecule has 2 aromatic rings. The quantitative estimate of drug-likeness (QED) is 0.778. The molecular weight excluding hydrogens is 312 g/mol. The van der Waals surface area contributed by atoms with E-state index < -0.39 is 0 Å².